The first kappa shape index (κ1) is 69.1. The summed E-state index contributed by atoms with van der Waals surface area (Å²) in [6, 6.07) is 53.8. The minimum atomic E-state index is -4.98. The summed E-state index contributed by atoms with van der Waals surface area (Å²) in [5.74, 6) is 0. The van der Waals surface area contributed by atoms with Gasteiger partial charge < -0.3 is 28.2 Å². The third kappa shape index (κ3) is 13.4. The molecule has 6 nitrogen and oxygen atoms in total. The molecule has 504 valence electrons. The van der Waals surface area contributed by atoms with E-state index in [4.69, 9.17) is 13.3 Å². The van der Waals surface area contributed by atoms with Gasteiger partial charge in [-0.2, -0.15) is 79.0 Å². The standard InChI is InChI=1S/3C25H12F6NO.Ir/c3*26-24(27,28)18-8-4-9-19(25(29,30)31)22(18)14-11-12-32-20(13-14)17-7-3-6-16-15-5-1-2-10-21(15)33-23(16)17;/h3*1-6,8-13H;/q3*-1;+3. The normalized spacial score (nSPS) is 12.4. The number of alkyl halides is 18. The van der Waals surface area contributed by atoms with Crippen molar-refractivity contribution in [2.45, 2.75) is 37.1 Å². The maximum atomic E-state index is 13.6. The van der Waals surface area contributed by atoms with Gasteiger partial charge in [0.05, 0.1) is 50.1 Å². The van der Waals surface area contributed by atoms with E-state index in [1.165, 1.54) is 36.8 Å². The van der Waals surface area contributed by atoms with Gasteiger partial charge in [-0.3, -0.25) is 0 Å². The molecule has 0 aliphatic rings. The molecule has 15 rings (SSSR count). The summed E-state index contributed by atoms with van der Waals surface area (Å²) in [5, 5.41) is 4.66. The van der Waals surface area contributed by atoms with E-state index in [2.05, 4.69) is 33.2 Å². The van der Waals surface area contributed by atoms with Crippen molar-refractivity contribution < 1.29 is 112 Å². The fourth-order valence-corrected chi connectivity index (χ4v) is 11.8. The molecule has 6 aromatic heterocycles. The van der Waals surface area contributed by atoms with Crippen LogP contribution >= 0.6 is 0 Å². The van der Waals surface area contributed by atoms with Gasteiger partial charge in [-0.25, -0.2) is 0 Å². The van der Waals surface area contributed by atoms with Crippen LogP contribution in [0.4, 0.5) is 79.0 Å². The molecule has 0 saturated heterocycles. The van der Waals surface area contributed by atoms with Crippen molar-refractivity contribution in [2.24, 2.45) is 0 Å². The van der Waals surface area contributed by atoms with Crippen molar-refractivity contribution in [2.75, 3.05) is 0 Å². The van der Waals surface area contributed by atoms with Crippen molar-refractivity contribution >= 4 is 65.8 Å². The number of fused-ring (bicyclic) bond motifs is 9. The van der Waals surface area contributed by atoms with Gasteiger partial charge in [-0.1, -0.05) is 124 Å². The molecule has 15 aromatic rings. The molecule has 0 N–H and O–H groups in total. The fraction of sp³-hybridized carbons (Fsp3) is 0.0800. The van der Waals surface area contributed by atoms with Crippen LogP contribution in [0.25, 0.3) is 133 Å². The molecule has 0 spiro atoms. The van der Waals surface area contributed by atoms with Gasteiger partial charge in [0.15, 0.2) is 0 Å². The van der Waals surface area contributed by atoms with E-state index in [0.717, 1.165) is 68.7 Å². The van der Waals surface area contributed by atoms with E-state index in [1.807, 2.05) is 36.4 Å². The minimum Gasteiger partial charge on any atom is -0.501 e. The number of hydrogen-bond donors (Lipinski definition) is 0. The predicted octanol–water partition coefficient (Wildman–Crippen LogP) is 24.5. The average Bonchev–Trinajstić information content (AvgIpc) is 1.10. The zero-order valence-corrected chi connectivity index (χ0v) is 52.4. The largest absolute Gasteiger partial charge is 3.00 e. The summed E-state index contributed by atoms with van der Waals surface area (Å²) < 4.78 is 263. The van der Waals surface area contributed by atoms with Crippen LogP contribution < -0.4 is 0 Å². The molecule has 6 heterocycles. The molecule has 0 unspecified atom stereocenters. The second-order valence-electron chi connectivity index (χ2n) is 22.0. The number of hydrogen-bond acceptors (Lipinski definition) is 6. The zero-order chi connectivity index (χ0) is 70.1. The minimum absolute atomic E-state index is 0. The molecule has 0 radical (unpaired) electrons. The van der Waals surface area contributed by atoms with Crippen molar-refractivity contribution in [3.8, 4) is 67.2 Å². The molecular formula is C75H36F18IrN3O3. The first-order chi connectivity index (χ1) is 46.9. The van der Waals surface area contributed by atoms with Gasteiger partial charge in [0.2, 0.25) is 0 Å². The van der Waals surface area contributed by atoms with Gasteiger partial charge in [0, 0.05) is 51.4 Å². The first-order valence-electron chi connectivity index (χ1n) is 29.1. The zero-order valence-electron chi connectivity index (χ0n) is 50.0. The number of nitrogens with zero attached hydrogens (tertiary/aromatic N) is 3. The van der Waals surface area contributed by atoms with Crippen molar-refractivity contribution in [3.05, 3.63) is 270 Å². The molecular weight excluding hydrogens is 1530 g/mol. The Kier molecular flexibility index (Phi) is 18.1. The number of benzene rings is 9. The Labute approximate surface area is 565 Å². The van der Waals surface area contributed by atoms with Gasteiger partial charge in [0.1, 0.15) is 16.7 Å². The van der Waals surface area contributed by atoms with Gasteiger partial charge in [-0.15, -0.1) is 54.6 Å². The Hall–Kier alpha value is -10.8. The average molecular weight is 1560 g/mol. The van der Waals surface area contributed by atoms with E-state index < -0.39 is 87.1 Å². The van der Waals surface area contributed by atoms with Crippen LogP contribution in [0.15, 0.2) is 232 Å². The second kappa shape index (κ2) is 26.1. The van der Waals surface area contributed by atoms with Crippen molar-refractivity contribution in [1.29, 1.82) is 0 Å². The molecule has 0 atom stereocenters. The molecule has 25 heteroatoms. The SMILES string of the molecule is FC(F)(F)c1cccc(C(F)(F)F)c1-c1ccnc(-c2[c-]ccc3c2oc2ccccc23)c1.FC(F)(F)c1cccc(C(F)(F)F)c1-c1ccnc(-c2[c-]ccc3c2oc2ccccc23)c1.FC(F)(F)c1cccc(C(F)(F)F)c1-c1ccnc(-c2[c-]ccc3c2oc2ccccc23)c1.[Ir+3]. The molecule has 0 fully saturated rings. The number of para-hydroxylation sites is 3. The molecule has 100 heavy (non-hydrogen) atoms. The van der Waals surface area contributed by atoms with E-state index in [0.29, 0.717) is 86.6 Å². The summed E-state index contributed by atoms with van der Waals surface area (Å²) in [7, 11) is 0. The Morgan fingerprint density at radius 2 is 0.490 bits per heavy atom. The maximum absolute atomic E-state index is 13.6. The van der Waals surface area contributed by atoms with E-state index in [9.17, 15) is 79.0 Å². The monoisotopic (exact) mass is 1560 g/mol. The summed E-state index contributed by atoms with van der Waals surface area (Å²) in [6.07, 6.45) is -26.4. The molecule has 0 aliphatic heterocycles. The van der Waals surface area contributed by atoms with Crippen LogP contribution in [-0.4, -0.2) is 15.0 Å². The molecule has 0 bridgehead atoms. The maximum Gasteiger partial charge on any atom is 3.00 e. The van der Waals surface area contributed by atoms with Gasteiger partial charge in [-0.05, 0) is 107 Å². The number of pyridine rings is 3. The number of aromatic nitrogens is 3. The van der Waals surface area contributed by atoms with Crippen LogP contribution in [0.1, 0.15) is 33.4 Å². The Morgan fingerprint density at radius 1 is 0.260 bits per heavy atom. The summed E-state index contributed by atoms with van der Waals surface area (Å²) in [5.41, 5.74) is -7.50. The van der Waals surface area contributed by atoms with Gasteiger partial charge >= 0.3 is 57.2 Å². The molecule has 0 amide bonds. The number of furan rings is 3. The smallest absolute Gasteiger partial charge is 0.501 e. The van der Waals surface area contributed by atoms with Gasteiger partial charge in [0.25, 0.3) is 0 Å². The Balaban J connectivity index is 0.000000141. The molecule has 9 aromatic carbocycles. The van der Waals surface area contributed by atoms with E-state index >= 15 is 0 Å². The van der Waals surface area contributed by atoms with Crippen LogP contribution in [0.5, 0.6) is 0 Å². The molecule has 0 aliphatic carbocycles. The van der Waals surface area contributed by atoms with E-state index in [-0.39, 0.29) is 53.9 Å². The van der Waals surface area contributed by atoms with Crippen LogP contribution in [-0.2, 0) is 57.2 Å². The topological polar surface area (TPSA) is 78.1 Å². The molecule has 0 saturated carbocycles. The van der Waals surface area contributed by atoms with Crippen molar-refractivity contribution in [1.82, 2.24) is 15.0 Å². The first-order valence-corrected chi connectivity index (χ1v) is 29.1. The van der Waals surface area contributed by atoms with Crippen molar-refractivity contribution in [3.63, 3.8) is 0 Å². The van der Waals surface area contributed by atoms with E-state index in [1.54, 1.807) is 72.8 Å². The quantitative estimate of drug-likeness (QED) is 0.122. The summed E-state index contributed by atoms with van der Waals surface area (Å²) in [4.78, 5) is 12.6. The van der Waals surface area contributed by atoms with Crippen LogP contribution in [0, 0.1) is 18.2 Å². The second-order valence-corrected chi connectivity index (χ2v) is 22.0. The number of halogens is 18. The number of rotatable bonds is 6. The van der Waals surface area contributed by atoms with Crippen LogP contribution in [0.3, 0.4) is 0 Å². The summed E-state index contributed by atoms with van der Waals surface area (Å²) >= 11 is 0. The Morgan fingerprint density at radius 3 is 0.720 bits per heavy atom. The fourth-order valence-electron chi connectivity index (χ4n) is 11.8. The van der Waals surface area contributed by atoms with Crippen LogP contribution in [0.2, 0.25) is 0 Å². The summed E-state index contributed by atoms with van der Waals surface area (Å²) in [6.45, 7) is 0. The Bertz CT molecular complexity index is 4950. The third-order valence-corrected chi connectivity index (χ3v) is 16.0. The predicted molar refractivity (Wildman–Crippen MR) is 334 cm³/mol. The third-order valence-electron chi connectivity index (χ3n) is 16.0.